The molecular formula is C13H18Cl2N2OS. The molecule has 0 aromatic heterocycles. The fourth-order valence-electron chi connectivity index (χ4n) is 1.30. The zero-order valence-electron chi connectivity index (χ0n) is 11.2. The van der Waals surface area contributed by atoms with E-state index in [-0.39, 0.29) is 11.2 Å². The van der Waals surface area contributed by atoms with E-state index in [1.807, 2.05) is 20.8 Å². The van der Waals surface area contributed by atoms with Gasteiger partial charge >= 0.3 is 0 Å². The molecule has 19 heavy (non-hydrogen) atoms. The van der Waals surface area contributed by atoms with Crippen LogP contribution in [0.3, 0.4) is 0 Å². The number of carbonyl (C=O) groups excluding carboxylic acids is 1. The third kappa shape index (κ3) is 5.22. The van der Waals surface area contributed by atoms with Crippen LogP contribution in [0.15, 0.2) is 23.1 Å². The van der Waals surface area contributed by atoms with Crippen molar-refractivity contribution >= 4 is 40.9 Å². The first kappa shape index (κ1) is 16.6. The Morgan fingerprint density at radius 3 is 2.68 bits per heavy atom. The summed E-state index contributed by atoms with van der Waals surface area (Å²) in [5.74, 6) is -0.0727. The first-order chi connectivity index (χ1) is 8.75. The molecule has 0 bridgehead atoms. The minimum atomic E-state index is -0.413. The minimum absolute atomic E-state index is 0.0727. The molecule has 0 spiro atoms. The van der Waals surface area contributed by atoms with Crippen molar-refractivity contribution in [2.45, 2.75) is 36.5 Å². The van der Waals surface area contributed by atoms with Gasteiger partial charge in [-0.3, -0.25) is 4.79 Å². The van der Waals surface area contributed by atoms with Crippen molar-refractivity contribution in [2.75, 3.05) is 6.54 Å². The van der Waals surface area contributed by atoms with Gasteiger partial charge in [-0.15, -0.1) is 11.8 Å². The minimum Gasteiger partial charge on any atom is -0.349 e. The Hall–Kier alpha value is -0.420. The molecule has 0 radical (unpaired) electrons. The average molecular weight is 321 g/mol. The Kier molecular flexibility index (Phi) is 5.99. The summed E-state index contributed by atoms with van der Waals surface area (Å²) in [7, 11) is 0. The summed E-state index contributed by atoms with van der Waals surface area (Å²) in [5, 5.41) is 3.81. The van der Waals surface area contributed by atoms with Crippen LogP contribution >= 0.6 is 35.0 Å². The van der Waals surface area contributed by atoms with E-state index in [1.165, 1.54) is 11.8 Å². The molecule has 0 heterocycles. The zero-order valence-corrected chi connectivity index (χ0v) is 13.5. The number of rotatable bonds is 5. The van der Waals surface area contributed by atoms with E-state index in [0.29, 0.717) is 16.6 Å². The molecule has 1 rings (SSSR count). The number of halogens is 2. The van der Waals surface area contributed by atoms with Crippen molar-refractivity contribution < 1.29 is 4.79 Å². The predicted octanol–water partition coefficient (Wildman–Crippen LogP) is 3.33. The smallest absolute Gasteiger partial charge is 0.233 e. The number of nitrogens with two attached hydrogens (primary N) is 1. The van der Waals surface area contributed by atoms with Gasteiger partial charge in [-0.2, -0.15) is 0 Å². The summed E-state index contributed by atoms with van der Waals surface area (Å²) in [5.41, 5.74) is 5.18. The lowest BCUT2D eigenvalue weighted by atomic mass is 10.1. The quantitative estimate of drug-likeness (QED) is 0.818. The zero-order chi connectivity index (χ0) is 14.6. The summed E-state index contributed by atoms with van der Waals surface area (Å²) in [4.78, 5) is 12.8. The van der Waals surface area contributed by atoms with Crippen LogP contribution in [0.4, 0.5) is 0 Å². The van der Waals surface area contributed by atoms with Gasteiger partial charge in [0.05, 0.1) is 10.3 Å². The molecule has 0 saturated heterocycles. The topological polar surface area (TPSA) is 55.1 Å². The second kappa shape index (κ2) is 6.84. The van der Waals surface area contributed by atoms with Crippen molar-refractivity contribution in [3.63, 3.8) is 0 Å². The number of benzene rings is 1. The Balaban J connectivity index is 2.71. The summed E-state index contributed by atoms with van der Waals surface area (Å²) in [6.45, 7) is 5.97. The lowest BCUT2D eigenvalue weighted by molar-refractivity contribution is -0.121. The summed E-state index contributed by atoms with van der Waals surface area (Å²) in [6, 6.07) is 5.20. The largest absolute Gasteiger partial charge is 0.349 e. The average Bonchev–Trinajstić information content (AvgIpc) is 2.33. The predicted molar refractivity (Wildman–Crippen MR) is 83.1 cm³/mol. The van der Waals surface area contributed by atoms with Crippen molar-refractivity contribution in [2.24, 2.45) is 5.73 Å². The highest BCUT2D eigenvalue weighted by atomic mass is 35.5. The van der Waals surface area contributed by atoms with Crippen molar-refractivity contribution in [3.8, 4) is 0 Å². The maximum Gasteiger partial charge on any atom is 0.233 e. The van der Waals surface area contributed by atoms with Gasteiger partial charge in [0.15, 0.2) is 0 Å². The molecule has 1 aromatic carbocycles. The lowest BCUT2D eigenvalue weighted by Crippen LogP contribution is -2.51. The second-order valence-corrected chi connectivity index (χ2v) is 7.14. The number of amides is 1. The molecule has 0 saturated carbocycles. The van der Waals surface area contributed by atoms with E-state index in [1.54, 1.807) is 18.2 Å². The third-order valence-corrected chi connectivity index (χ3v) is 4.37. The molecule has 0 aliphatic heterocycles. The molecule has 0 aliphatic carbocycles. The number of hydrogen-bond acceptors (Lipinski definition) is 3. The van der Waals surface area contributed by atoms with Gasteiger partial charge in [-0.1, -0.05) is 23.2 Å². The SMILES string of the molecule is CC(Sc1cc(Cl)ccc1Cl)C(=O)NC(C)(C)CN. The highest BCUT2D eigenvalue weighted by Crippen LogP contribution is 2.32. The number of hydrogen-bond donors (Lipinski definition) is 2. The standard InChI is InChI=1S/C13H18Cl2N2OS/c1-8(12(18)17-13(2,3)7-16)19-11-6-9(14)4-5-10(11)15/h4-6,8H,7,16H2,1-3H3,(H,17,18). The molecule has 6 heteroatoms. The Labute approximate surface area is 128 Å². The fraction of sp³-hybridized carbons (Fsp3) is 0.462. The Bertz CT molecular complexity index is 466. The van der Waals surface area contributed by atoms with Crippen LogP contribution in [0.25, 0.3) is 0 Å². The summed E-state index contributed by atoms with van der Waals surface area (Å²) in [6.07, 6.45) is 0. The van der Waals surface area contributed by atoms with Gasteiger partial charge in [-0.25, -0.2) is 0 Å². The first-order valence-electron chi connectivity index (χ1n) is 5.89. The van der Waals surface area contributed by atoms with Crippen molar-refractivity contribution in [1.82, 2.24) is 5.32 Å². The highest BCUT2D eigenvalue weighted by Gasteiger charge is 2.23. The van der Waals surface area contributed by atoms with Gasteiger partial charge in [0.2, 0.25) is 5.91 Å². The number of nitrogens with one attached hydrogen (secondary N) is 1. The van der Waals surface area contributed by atoms with Gasteiger partial charge in [0.1, 0.15) is 0 Å². The molecule has 3 nitrogen and oxygen atoms in total. The summed E-state index contributed by atoms with van der Waals surface area (Å²) < 4.78 is 0. The Morgan fingerprint density at radius 2 is 2.11 bits per heavy atom. The van der Waals surface area contributed by atoms with E-state index < -0.39 is 5.54 Å². The molecule has 0 fully saturated rings. The van der Waals surface area contributed by atoms with Crippen molar-refractivity contribution in [3.05, 3.63) is 28.2 Å². The molecular weight excluding hydrogens is 303 g/mol. The maximum atomic E-state index is 12.1. The van der Waals surface area contributed by atoms with Gasteiger partial charge in [0, 0.05) is 22.0 Å². The van der Waals surface area contributed by atoms with Crippen LogP contribution in [-0.4, -0.2) is 23.2 Å². The normalized spacial score (nSPS) is 13.2. The van der Waals surface area contributed by atoms with Crippen LogP contribution in [-0.2, 0) is 4.79 Å². The first-order valence-corrected chi connectivity index (χ1v) is 7.52. The molecule has 3 N–H and O–H groups in total. The number of carbonyl (C=O) groups is 1. The molecule has 106 valence electrons. The van der Waals surface area contributed by atoms with Crippen LogP contribution < -0.4 is 11.1 Å². The van der Waals surface area contributed by atoms with Crippen LogP contribution in [0.1, 0.15) is 20.8 Å². The van der Waals surface area contributed by atoms with Crippen LogP contribution in [0.2, 0.25) is 10.0 Å². The van der Waals surface area contributed by atoms with E-state index in [2.05, 4.69) is 5.32 Å². The monoisotopic (exact) mass is 320 g/mol. The maximum absolute atomic E-state index is 12.1. The van der Waals surface area contributed by atoms with Crippen LogP contribution in [0, 0.1) is 0 Å². The van der Waals surface area contributed by atoms with Gasteiger partial charge in [0.25, 0.3) is 0 Å². The second-order valence-electron chi connectivity index (χ2n) is 4.91. The molecule has 1 atom stereocenters. The highest BCUT2D eigenvalue weighted by molar-refractivity contribution is 8.00. The van der Waals surface area contributed by atoms with Crippen LogP contribution in [0.5, 0.6) is 0 Å². The molecule has 1 aromatic rings. The van der Waals surface area contributed by atoms with Crippen molar-refractivity contribution in [1.29, 1.82) is 0 Å². The van der Waals surface area contributed by atoms with Gasteiger partial charge in [-0.05, 0) is 39.0 Å². The van der Waals surface area contributed by atoms with E-state index in [4.69, 9.17) is 28.9 Å². The molecule has 1 amide bonds. The van der Waals surface area contributed by atoms with E-state index in [9.17, 15) is 4.79 Å². The fourth-order valence-corrected chi connectivity index (χ4v) is 2.71. The Morgan fingerprint density at radius 1 is 1.47 bits per heavy atom. The van der Waals surface area contributed by atoms with E-state index in [0.717, 1.165) is 4.90 Å². The lowest BCUT2D eigenvalue weighted by Gasteiger charge is -2.26. The van der Waals surface area contributed by atoms with E-state index >= 15 is 0 Å². The number of thioether (sulfide) groups is 1. The summed E-state index contributed by atoms with van der Waals surface area (Å²) >= 11 is 13.4. The molecule has 1 unspecified atom stereocenters. The van der Waals surface area contributed by atoms with Gasteiger partial charge < -0.3 is 11.1 Å². The molecule has 0 aliphatic rings. The third-order valence-electron chi connectivity index (χ3n) is 2.54.